The third kappa shape index (κ3) is 3.40. The molecule has 0 aliphatic carbocycles. The van der Waals surface area contributed by atoms with Gasteiger partial charge < -0.3 is 19.7 Å². The predicted octanol–water partition coefficient (Wildman–Crippen LogP) is 1.43. The van der Waals surface area contributed by atoms with Gasteiger partial charge in [0.2, 0.25) is 0 Å². The van der Waals surface area contributed by atoms with E-state index in [0.717, 1.165) is 22.6 Å². The molecular weight excluding hydrogens is 350 g/mol. The van der Waals surface area contributed by atoms with E-state index in [1.54, 1.807) is 23.1 Å². The van der Waals surface area contributed by atoms with E-state index in [4.69, 9.17) is 9.47 Å². The summed E-state index contributed by atoms with van der Waals surface area (Å²) in [6, 6.07) is 7.42. The SMILES string of the molecule is COc1ccc(-c2[nH]ncc2CNC(=O)N2CCN3C(=O)OC[C@@H]3C2)cc1. The number of amides is 3. The van der Waals surface area contributed by atoms with Crippen molar-refractivity contribution in [3.05, 3.63) is 36.0 Å². The third-order valence-electron chi connectivity index (χ3n) is 4.93. The van der Waals surface area contributed by atoms with E-state index in [1.807, 2.05) is 24.3 Å². The molecule has 9 nitrogen and oxygen atoms in total. The molecule has 27 heavy (non-hydrogen) atoms. The first kappa shape index (κ1) is 17.2. The normalized spacial score (nSPS) is 18.9. The number of cyclic esters (lactones) is 1. The number of nitrogens with zero attached hydrogens (tertiary/aromatic N) is 3. The Kier molecular flexibility index (Phi) is 4.57. The maximum absolute atomic E-state index is 12.5. The number of benzene rings is 1. The first-order chi connectivity index (χ1) is 13.2. The van der Waals surface area contributed by atoms with E-state index < -0.39 is 0 Å². The molecule has 2 N–H and O–H groups in total. The lowest BCUT2D eigenvalue weighted by Gasteiger charge is -2.35. The number of piperazine rings is 1. The van der Waals surface area contributed by atoms with E-state index in [1.165, 1.54) is 0 Å². The van der Waals surface area contributed by atoms with Crippen molar-refractivity contribution >= 4 is 12.1 Å². The fourth-order valence-electron chi connectivity index (χ4n) is 3.41. The number of H-pyrrole nitrogens is 1. The fraction of sp³-hybridized carbons (Fsp3) is 0.389. The minimum atomic E-state index is -0.289. The number of fused-ring (bicyclic) bond motifs is 1. The molecule has 2 fully saturated rings. The standard InChI is InChI=1S/C18H21N5O4/c1-26-15-4-2-12(3-5-15)16-13(9-20-21-16)8-19-17(24)22-6-7-23-14(10-22)11-27-18(23)25/h2-5,9,14H,6-8,10-11H2,1H3,(H,19,24)(H,20,21)/t14-/m0/s1. The van der Waals surface area contributed by atoms with Crippen LogP contribution in [0.3, 0.4) is 0 Å². The topological polar surface area (TPSA) is 99.8 Å². The van der Waals surface area contributed by atoms with Crippen molar-refractivity contribution in [1.29, 1.82) is 0 Å². The van der Waals surface area contributed by atoms with Gasteiger partial charge in [-0.3, -0.25) is 10.00 Å². The summed E-state index contributed by atoms with van der Waals surface area (Å²) < 4.78 is 10.2. The Bertz CT molecular complexity index is 835. The van der Waals surface area contributed by atoms with Gasteiger partial charge in [0.05, 0.1) is 25.0 Å². The van der Waals surface area contributed by atoms with Gasteiger partial charge in [-0.25, -0.2) is 9.59 Å². The zero-order chi connectivity index (χ0) is 18.8. The maximum Gasteiger partial charge on any atom is 0.410 e. The van der Waals surface area contributed by atoms with Crippen molar-refractivity contribution < 1.29 is 19.1 Å². The van der Waals surface area contributed by atoms with Crippen LogP contribution < -0.4 is 10.1 Å². The number of aromatic nitrogens is 2. The second-order valence-corrected chi connectivity index (χ2v) is 6.53. The van der Waals surface area contributed by atoms with Gasteiger partial charge in [0.25, 0.3) is 0 Å². The number of carbonyl (C=O) groups is 2. The second kappa shape index (κ2) is 7.18. The number of urea groups is 1. The van der Waals surface area contributed by atoms with Crippen LogP contribution >= 0.6 is 0 Å². The van der Waals surface area contributed by atoms with E-state index in [9.17, 15) is 9.59 Å². The average molecular weight is 371 g/mol. The van der Waals surface area contributed by atoms with Crippen molar-refractivity contribution in [2.75, 3.05) is 33.4 Å². The van der Waals surface area contributed by atoms with Crippen LogP contribution in [-0.4, -0.2) is 71.5 Å². The van der Waals surface area contributed by atoms with Gasteiger partial charge in [0.15, 0.2) is 0 Å². The van der Waals surface area contributed by atoms with Crippen LogP contribution in [-0.2, 0) is 11.3 Å². The molecule has 142 valence electrons. The second-order valence-electron chi connectivity index (χ2n) is 6.53. The van der Waals surface area contributed by atoms with Crippen molar-refractivity contribution in [3.8, 4) is 17.0 Å². The molecule has 0 radical (unpaired) electrons. The summed E-state index contributed by atoms with van der Waals surface area (Å²) >= 11 is 0. The first-order valence-corrected chi connectivity index (χ1v) is 8.78. The molecule has 2 aliphatic rings. The van der Waals surface area contributed by atoms with Crippen LogP contribution in [0.1, 0.15) is 5.56 Å². The molecule has 1 aromatic carbocycles. The van der Waals surface area contributed by atoms with E-state index >= 15 is 0 Å². The number of hydrogen-bond acceptors (Lipinski definition) is 5. The number of aromatic amines is 1. The summed E-state index contributed by atoms with van der Waals surface area (Å²) in [5.41, 5.74) is 2.72. The van der Waals surface area contributed by atoms with Crippen molar-refractivity contribution in [3.63, 3.8) is 0 Å². The van der Waals surface area contributed by atoms with Gasteiger partial charge in [-0.1, -0.05) is 0 Å². The number of rotatable bonds is 4. The van der Waals surface area contributed by atoms with Crippen molar-refractivity contribution in [1.82, 2.24) is 25.3 Å². The molecule has 3 heterocycles. The van der Waals surface area contributed by atoms with E-state index in [0.29, 0.717) is 32.8 Å². The molecule has 1 aromatic heterocycles. The molecule has 2 aliphatic heterocycles. The molecule has 0 spiro atoms. The zero-order valence-corrected chi connectivity index (χ0v) is 15.0. The first-order valence-electron chi connectivity index (χ1n) is 8.78. The van der Waals surface area contributed by atoms with Crippen LogP contribution in [0.2, 0.25) is 0 Å². The Morgan fingerprint density at radius 3 is 2.96 bits per heavy atom. The van der Waals surface area contributed by atoms with Crippen LogP contribution in [0, 0.1) is 0 Å². The van der Waals surface area contributed by atoms with Gasteiger partial charge >= 0.3 is 12.1 Å². The molecule has 0 unspecified atom stereocenters. The molecule has 0 bridgehead atoms. The minimum absolute atomic E-state index is 0.0548. The highest BCUT2D eigenvalue weighted by Gasteiger charge is 2.38. The number of hydrogen-bond donors (Lipinski definition) is 2. The molecule has 2 aromatic rings. The van der Waals surface area contributed by atoms with Gasteiger partial charge in [0.1, 0.15) is 12.4 Å². The van der Waals surface area contributed by atoms with Crippen LogP contribution in [0.4, 0.5) is 9.59 Å². The lowest BCUT2D eigenvalue weighted by molar-refractivity contribution is 0.127. The summed E-state index contributed by atoms with van der Waals surface area (Å²) in [4.78, 5) is 27.5. The highest BCUT2D eigenvalue weighted by Crippen LogP contribution is 2.24. The summed E-state index contributed by atoms with van der Waals surface area (Å²) in [7, 11) is 1.62. The van der Waals surface area contributed by atoms with Crippen molar-refractivity contribution in [2.45, 2.75) is 12.6 Å². The lowest BCUT2D eigenvalue weighted by Crippen LogP contribution is -2.55. The number of ether oxygens (including phenoxy) is 2. The van der Waals surface area contributed by atoms with Crippen LogP contribution in [0.5, 0.6) is 5.75 Å². The number of carbonyl (C=O) groups excluding carboxylic acids is 2. The van der Waals surface area contributed by atoms with Gasteiger partial charge in [-0.15, -0.1) is 0 Å². The van der Waals surface area contributed by atoms with E-state index in [2.05, 4.69) is 15.5 Å². The molecule has 1 atom stereocenters. The van der Waals surface area contributed by atoms with E-state index in [-0.39, 0.29) is 18.2 Å². The quantitative estimate of drug-likeness (QED) is 0.847. The van der Waals surface area contributed by atoms with Crippen LogP contribution in [0.15, 0.2) is 30.5 Å². The highest BCUT2D eigenvalue weighted by atomic mass is 16.6. The Morgan fingerprint density at radius 1 is 1.37 bits per heavy atom. The molecule has 9 heteroatoms. The molecule has 3 amide bonds. The molecule has 2 saturated heterocycles. The predicted molar refractivity (Wildman–Crippen MR) is 96.2 cm³/mol. The van der Waals surface area contributed by atoms with Gasteiger partial charge in [-0.2, -0.15) is 5.10 Å². The Labute approximate surface area is 156 Å². The average Bonchev–Trinajstić information content (AvgIpc) is 3.32. The minimum Gasteiger partial charge on any atom is -0.497 e. The number of methoxy groups -OCH3 is 1. The highest BCUT2D eigenvalue weighted by molar-refractivity contribution is 5.76. The Hall–Kier alpha value is -3.23. The summed E-state index contributed by atoms with van der Waals surface area (Å²) in [5.74, 6) is 0.779. The maximum atomic E-state index is 12.5. The Morgan fingerprint density at radius 2 is 2.19 bits per heavy atom. The van der Waals surface area contributed by atoms with Gasteiger partial charge in [0, 0.05) is 37.3 Å². The zero-order valence-electron chi connectivity index (χ0n) is 15.0. The molecular formula is C18H21N5O4. The molecule has 4 rings (SSSR count). The van der Waals surface area contributed by atoms with Crippen LogP contribution in [0.25, 0.3) is 11.3 Å². The third-order valence-corrected chi connectivity index (χ3v) is 4.93. The summed E-state index contributed by atoms with van der Waals surface area (Å²) in [6.45, 7) is 2.17. The Balaban J connectivity index is 1.37. The fourth-order valence-corrected chi connectivity index (χ4v) is 3.41. The number of nitrogens with one attached hydrogen (secondary N) is 2. The monoisotopic (exact) mass is 371 g/mol. The van der Waals surface area contributed by atoms with Crippen molar-refractivity contribution in [2.24, 2.45) is 0 Å². The summed E-state index contributed by atoms with van der Waals surface area (Å²) in [6.07, 6.45) is 1.42. The smallest absolute Gasteiger partial charge is 0.410 e. The lowest BCUT2D eigenvalue weighted by atomic mass is 10.1. The molecule has 0 saturated carbocycles. The van der Waals surface area contributed by atoms with Gasteiger partial charge in [-0.05, 0) is 24.3 Å². The largest absolute Gasteiger partial charge is 0.497 e. The summed E-state index contributed by atoms with van der Waals surface area (Å²) in [5, 5.41) is 10.0.